The summed E-state index contributed by atoms with van der Waals surface area (Å²) < 4.78 is 0. The van der Waals surface area contributed by atoms with Gasteiger partial charge in [-0.25, -0.2) is 0 Å². The lowest BCUT2D eigenvalue weighted by Gasteiger charge is -2.02. The molecule has 1 N–H and O–H groups in total. The molecule has 0 rings (SSSR count). The van der Waals surface area contributed by atoms with Crippen LogP contribution in [0.25, 0.3) is 0 Å². The van der Waals surface area contributed by atoms with E-state index in [-0.39, 0.29) is 0 Å². The van der Waals surface area contributed by atoms with Crippen LogP contribution in [0.15, 0.2) is 0 Å². The van der Waals surface area contributed by atoms with Crippen LogP contribution in [-0.4, -0.2) is 23.2 Å². The molecule has 0 aromatic carbocycles. The fourth-order valence-corrected chi connectivity index (χ4v) is 3.08. The highest BCUT2D eigenvalue weighted by Crippen LogP contribution is 2.13. The van der Waals surface area contributed by atoms with Crippen molar-refractivity contribution in [1.82, 2.24) is 0 Å². The molecule has 0 aliphatic rings. The quantitative estimate of drug-likeness (QED) is 0.403. The van der Waals surface area contributed by atoms with Gasteiger partial charge >= 0.3 is 0 Å². The molecule has 0 atom stereocenters. The average molecular weight is 275 g/mol. The van der Waals surface area contributed by atoms with E-state index in [2.05, 4.69) is 6.92 Å². The maximum atomic E-state index is 8.64. The molecule has 1 nitrogen and oxygen atoms in total. The zero-order valence-corrected chi connectivity index (χ0v) is 13.3. The number of hydrogen-bond donors (Lipinski definition) is 1. The van der Waals surface area contributed by atoms with Crippen molar-refractivity contribution in [3.05, 3.63) is 0 Å². The highest BCUT2D eigenvalue weighted by molar-refractivity contribution is 7.99. The Balaban J connectivity index is 2.86. The Morgan fingerprint density at radius 2 is 1.06 bits per heavy atom. The summed E-state index contributed by atoms with van der Waals surface area (Å²) in [6.45, 7) is 2.63. The Morgan fingerprint density at radius 1 is 0.611 bits per heavy atom. The van der Waals surface area contributed by atoms with Crippen molar-refractivity contribution in [3.8, 4) is 0 Å². The summed E-state index contributed by atoms with van der Waals surface area (Å²) in [6, 6.07) is 0. The molecule has 0 aliphatic heterocycles. The Bertz CT molecular complexity index is 123. The van der Waals surface area contributed by atoms with Crippen LogP contribution in [0.3, 0.4) is 0 Å². The van der Waals surface area contributed by atoms with Gasteiger partial charge in [0.1, 0.15) is 0 Å². The van der Waals surface area contributed by atoms with Gasteiger partial charge in [0.15, 0.2) is 0 Å². The second-order valence-electron chi connectivity index (χ2n) is 5.23. The second-order valence-corrected chi connectivity index (χ2v) is 6.45. The molecular formula is C16H34OS. The molecule has 18 heavy (non-hydrogen) atoms. The van der Waals surface area contributed by atoms with Gasteiger partial charge in [-0.15, -0.1) is 0 Å². The first-order valence-corrected chi connectivity index (χ1v) is 9.26. The van der Waals surface area contributed by atoms with E-state index in [0.29, 0.717) is 6.61 Å². The first-order chi connectivity index (χ1) is 8.91. The molecular weight excluding hydrogens is 240 g/mol. The van der Waals surface area contributed by atoms with Crippen LogP contribution < -0.4 is 0 Å². The van der Waals surface area contributed by atoms with Crippen LogP contribution >= 0.6 is 11.8 Å². The largest absolute Gasteiger partial charge is 0.396 e. The van der Waals surface area contributed by atoms with Gasteiger partial charge in [-0.05, 0) is 24.3 Å². The summed E-state index contributed by atoms with van der Waals surface area (Å²) in [7, 11) is 0. The predicted molar refractivity (Wildman–Crippen MR) is 85.5 cm³/mol. The molecule has 0 saturated heterocycles. The van der Waals surface area contributed by atoms with E-state index in [1.54, 1.807) is 0 Å². The van der Waals surface area contributed by atoms with Gasteiger partial charge in [0.2, 0.25) is 0 Å². The highest BCUT2D eigenvalue weighted by atomic mass is 32.2. The molecule has 0 amide bonds. The van der Waals surface area contributed by atoms with Gasteiger partial charge in [0.25, 0.3) is 0 Å². The monoisotopic (exact) mass is 274 g/mol. The summed E-state index contributed by atoms with van der Waals surface area (Å²) >= 11 is 2.00. The molecule has 2 heteroatoms. The molecule has 0 spiro atoms. The summed E-state index contributed by atoms with van der Waals surface area (Å²) in [4.78, 5) is 0. The molecule has 0 fully saturated rings. The van der Waals surface area contributed by atoms with Gasteiger partial charge in [-0.1, -0.05) is 71.1 Å². The lowest BCUT2D eigenvalue weighted by atomic mass is 10.1. The molecule has 0 aromatic rings. The first kappa shape index (κ1) is 18.3. The van der Waals surface area contributed by atoms with Crippen LogP contribution in [0.1, 0.15) is 84.0 Å². The van der Waals surface area contributed by atoms with Crippen molar-refractivity contribution in [2.45, 2.75) is 84.0 Å². The molecule has 0 bridgehead atoms. The lowest BCUT2D eigenvalue weighted by Crippen LogP contribution is -1.88. The van der Waals surface area contributed by atoms with Crippen molar-refractivity contribution in [2.24, 2.45) is 0 Å². The molecule has 0 aromatic heterocycles. The number of aliphatic hydroxyl groups is 1. The van der Waals surface area contributed by atoms with E-state index < -0.39 is 0 Å². The minimum atomic E-state index is 0.352. The fourth-order valence-electron chi connectivity index (χ4n) is 2.14. The number of rotatable bonds is 15. The third-order valence-corrected chi connectivity index (χ3v) is 4.49. The minimum absolute atomic E-state index is 0.352. The zero-order valence-electron chi connectivity index (χ0n) is 12.5. The van der Waals surface area contributed by atoms with Crippen molar-refractivity contribution in [2.75, 3.05) is 18.1 Å². The molecule has 0 aliphatic carbocycles. The number of thioether (sulfide) groups is 1. The van der Waals surface area contributed by atoms with Gasteiger partial charge < -0.3 is 5.11 Å². The zero-order chi connectivity index (χ0) is 13.3. The van der Waals surface area contributed by atoms with Crippen molar-refractivity contribution in [3.63, 3.8) is 0 Å². The summed E-state index contributed by atoms with van der Waals surface area (Å²) in [5.41, 5.74) is 0. The topological polar surface area (TPSA) is 20.2 Å². The Morgan fingerprint density at radius 3 is 1.56 bits per heavy atom. The van der Waals surface area contributed by atoms with Crippen LogP contribution in [0.2, 0.25) is 0 Å². The van der Waals surface area contributed by atoms with Gasteiger partial charge in [-0.3, -0.25) is 0 Å². The summed E-state index contributed by atoms with van der Waals surface area (Å²) in [5, 5.41) is 8.64. The van der Waals surface area contributed by atoms with E-state index in [9.17, 15) is 0 Å². The smallest absolute Gasteiger partial charge is 0.0438 e. The van der Waals surface area contributed by atoms with E-state index in [1.807, 2.05) is 11.8 Å². The van der Waals surface area contributed by atoms with Crippen LogP contribution in [-0.2, 0) is 0 Å². The Hall–Kier alpha value is 0.310. The Kier molecular flexibility index (Phi) is 17.6. The SMILES string of the molecule is CCCCCCCCCCCCCSCCCO. The third-order valence-electron chi connectivity index (χ3n) is 3.34. The van der Waals surface area contributed by atoms with Crippen molar-refractivity contribution in [1.29, 1.82) is 0 Å². The molecule has 0 radical (unpaired) electrons. The van der Waals surface area contributed by atoms with Gasteiger partial charge in [-0.2, -0.15) is 11.8 Å². The van der Waals surface area contributed by atoms with Gasteiger partial charge in [0, 0.05) is 6.61 Å². The number of aliphatic hydroxyl groups excluding tert-OH is 1. The molecule has 0 saturated carbocycles. The van der Waals surface area contributed by atoms with Crippen LogP contribution in [0.5, 0.6) is 0 Å². The maximum absolute atomic E-state index is 8.64. The van der Waals surface area contributed by atoms with E-state index >= 15 is 0 Å². The molecule has 0 unspecified atom stereocenters. The van der Waals surface area contributed by atoms with E-state index in [1.165, 1.54) is 76.4 Å². The predicted octanol–water partition coefficient (Wildman–Crippen LogP) is 5.41. The maximum Gasteiger partial charge on any atom is 0.0438 e. The van der Waals surface area contributed by atoms with Crippen molar-refractivity contribution < 1.29 is 5.11 Å². The minimum Gasteiger partial charge on any atom is -0.396 e. The number of hydrogen-bond acceptors (Lipinski definition) is 2. The number of unbranched alkanes of at least 4 members (excludes halogenated alkanes) is 10. The average Bonchev–Trinajstić information content (AvgIpc) is 2.39. The fraction of sp³-hybridized carbons (Fsp3) is 1.00. The van der Waals surface area contributed by atoms with Crippen molar-refractivity contribution >= 4 is 11.8 Å². The van der Waals surface area contributed by atoms with Crippen LogP contribution in [0, 0.1) is 0 Å². The second kappa shape index (κ2) is 17.3. The summed E-state index contributed by atoms with van der Waals surface area (Å²) in [6.07, 6.45) is 16.6. The lowest BCUT2D eigenvalue weighted by molar-refractivity contribution is 0.296. The first-order valence-electron chi connectivity index (χ1n) is 8.10. The third kappa shape index (κ3) is 16.3. The molecule has 0 heterocycles. The highest BCUT2D eigenvalue weighted by Gasteiger charge is 1.93. The Labute approximate surface area is 119 Å². The normalized spacial score (nSPS) is 11.0. The van der Waals surface area contributed by atoms with Gasteiger partial charge in [0.05, 0.1) is 0 Å². The van der Waals surface area contributed by atoms with E-state index in [0.717, 1.165) is 12.2 Å². The standard InChI is InChI=1S/C16H34OS/c1-2-3-4-5-6-7-8-9-10-11-12-15-18-16-13-14-17/h17H,2-16H2,1H3. The van der Waals surface area contributed by atoms with Crippen LogP contribution in [0.4, 0.5) is 0 Å². The van der Waals surface area contributed by atoms with E-state index in [4.69, 9.17) is 5.11 Å². The molecule has 110 valence electrons. The summed E-state index contributed by atoms with van der Waals surface area (Å²) in [5.74, 6) is 2.42.